The quantitative estimate of drug-likeness (QED) is 0.135. The van der Waals surface area contributed by atoms with Crippen LogP contribution in [0.4, 0.5) is 0 Å². The Kier molecular flexibility index (Phi) is 14.9. The van der Waals surface area contributed by atoms with Crippen molar-refractivity contribution in [1.82, 2.24) is 0 Å². The highest BCUT2D eigenvalue weighted by molar-refractivity contribution is 5.77. The van der Waals surface area contributed by atoms with E-state index in [2.05, 4.69) is 186 Å². The molecule has 12 aromatic rings. The Morgan fingerprint density at radius 1 is 0.213 bits per heavy atom. The van der Waals surface area contributed by atoms with Crippen molar-refractivity contribution in [3.05, 3.63) is 309 Å². The Labute approximate surface area is 553 Å². The first-order valence-corrected chi connectivity index (χ1v) is 29.9. The maximum absolute atomic E-state index is 8.07. The largest absolute Gasteiger partial charge is 0.212 e. The number of rotatable bonds is 8. The molecule has 0 spiro atoms. The smallest absolute Gasteiger partial charge is 0.201 e. The second-order valence-corrected chi connectivity index (χ2v) is 23.3. The van der Waals surface area contributed by atoms with E-state index < -0.39 is 34.3 Å². The van der Waals surface area contributed by atoms with Crippen LogP contribution in [-0.2, 0) is 28.2 Å². The second-order valence-electron chi connectivity index (χ2n) is 23.3. The molecule has 0 N–H and O–H groups in total. The van der Waals surface area contributed by atoms with Crippen molar-refractivity contribution in [3.8, 4) is 89.5 Å². The summed E-state index contributed by atoms with van der Waals surface area (Å²) < 4.78 is 125. The molecular formula is C85H90N4+4. The highest BCUT2D eigenvalue weighted by atomic mass is 14.9. The van der Waals surface area contributed by atoms with Gasteiger partial charge in [-0.25, -0.2) is 18.3 Å². The van der Waals surface area contributed by atoms with Gasteiger partial charge in [0.05, 0.1) is 0 Å². The summed E-state index contributed by atoms with van der Waals surface area (Å²) in [4.78, 5) is 0. The van der Waals surface area contributed by atoms with Gasteiger partial charge in [-0.15, -0.1) is 0 Å². The van der Waals surface area contributed by atoms with Crippen LogP contribution in [0.15, 0.2) is 237 Å². The molecule has 4 heteroatoms. The van der Waals surface area contributed by atoms with Gasteiger partial charge in [-0.05, 0) is 221 Å². The molecule has 0 aliphatic heterocycles. The fourth-order valence-corrected chi connectivity index (χ4v) is 11.4. The molecule has 0 bridgehead atoms. The maximum atomic E-state index is 8.07. The molecule has 446 valence electrons. The van der Waals surface area contributed by atoms with E-state index in [-0.39, 0.29) is 27.8 Å². The summed E-state index contributed by atoms with van der Waals surface area (Å²) >= 11 is 0. The summed E-state index contributed by atoms with van der Waals surface area (Å²) in [6, 6.07) is 69.4. The lowest BCUT2D eigenvalue weighted by atomic mass is 9.93. The number of benzene rings is 8. The zero-order valence-electron chi connectivity index (χ0n) is 68.3. The summed E-state index contributed by atoms with van der Waals surface area (Å²) in [6.45, 7) is 4.68. The first-order valence-electron chi connectivity index (χ1n) is 37.4. The number of nitrogens with zero attached hydrogens (tertiary/aromatic N) is 4. The molecule has 4 heterocycles. The Morgan fingerprint density at radius 2 is 0.562 bits per heavy atom. The maximum Gasteiger partial charge on any atom is 0.212 e. The molecule has 0 saturated heterocycles. The molecule has 89 heavy (non-hydrogen) atoms. The van der Waals surface area contributed by atoms with Crippen LogP contribution in [0.25, 0.3) is 89.5 Å². The van der Waals surface area contributed by atoms with Gasteiger partial charge >= 0.3 is 0 Å². The third-order valence-corrected chi connectivity index (χ3v) is 16.4. The van der Waals surface area contributed by atoms with Crippen LogP contribution < -0.4 is 18.3 Å². The topological polar surface area (TPSA) is 15.5 Å². The van der Waals surface area contributed by atoms with Crippen molar-refractivity contribution >= 4 is 0 Å². The summed E-state index contributed by atoms with van der Waals surface area (Å²) in [5, 5.41) is 0. The van der Waals surface area contributed by atoms with Crippen LogP contribution in [-0.4, -0.2) is 0 Å². The minimum atomic E-state index is -2.64. The minimum Gasteiger partial charge on any atom is -0.201 e. The van der Waals surface area contributed by atoms with Gasteiger partial charge in [0.15, 0.2) is 24.8 Å². The first kappa shape index (κ1) is 46.5. The molecule has 0 unspecified atom stereocenters. The standard InChI is InChI=1S/C22H24N.3C21H22N/c1-15-13-22(23(5)14-18(15)4)21-12-16(2)20(11-17(21)3)19-9-7-6-8-10-19;1-15-13-21(22(4)14-17(15)3)20-11-10-19(12-16(20)2)18-8-6-5-7-9-18;2*1-15-10-11-21(22(4)14-15)20-13-16(2)19(12-17(20)3)18-8-6-5-7-9-18/h6-14H,1-5H3;3*5-14H,1-4H3/q4*+1/i1D3,2D3,4D3;;1D3,2D3;. The van der Waals surface area contributed by atoms with E-state index in [1.165, 1.54) is 95.0 Å². The van der Waals surface area contributed by atoms with Gasteiger partial charge in [-0.2, -0.15) is 0 Å². The van der Waals surface area contributed by atoms with E-state index in [9.17, 15) is 0 Å². The zero-order valence-corrected chi connectivity index (χ0v) is 53.3. The van der Waals surface area contributed by atoms with E-state index in [1.807, 2.05) is 80.6 Å². The van der Waals surface area contributed by atoms with Crippen LogP contribution in [0.1, 0.15) is 92.9 Å². The van der Waals surface area contributed by atoms with E-state index in [1.54, 1.807) is 55.2 Å². The van der Waals surface area contributed by atoms with Gasteiger partial charge in [0.2, 0.25) is 22.8 Å². The number of aryl methyl sites for hydroxylation is 17. The van der Waals surface area contributed by atoms with E-state index in [0.29, 0.717) is 22.4 Å². The summed E-state index contributed by atoms with van der Waals surface area (Å²) in [5.41, 5.74) is 25.3. The molecule has 0 saturated carbocycles. The van der Waals surface area contributed by atoms with Crippen LogP contribution in [0.3, 0.4) is 0 Å². The number of hydrogen-bond donors (Lipinski definition) is 0. The predicted molar refractivity (Wildman–Crippen MR) is 376 cm³/mol. The molecular weight excluding hydrogens is 1080 g/mol. The average molecular weight is 1180 g/mol. The molecule has 0 atom stereocenters. The van der Waals surface area contributed by atoms with Crippen LogP contribution >= 0.6 is 0 Å². The summed E-state index contributed by atoms with van der Waals surface area (Å²) in [5.74, 6) is 0. The molecule has 4 aromatic heterocycles. The fraction of sp³-hybridized carbons (Fsp3) is 0.200. The lowest BCUT2D eigenvalue weighted by Gasteiger charge is -2.12. The lowest BCUT2D eigenvalue weighted by molar-refractivity contribution is -0.660. The van der Waals surface area contributed by atoms with E-state index in [4.69, 9.17) is 20.6 Å². The minimum absolute atomic E-state index is 0.139. The Balaban J connectivity index is 0.000000163. The van der Waals surface area contributed by atoms with Crippen LogP contribution in [0.2, 0.25) is 0 Å². The molecule has 0 amide bonds. The Hall–Kier alpha value is -9.64. The predicted octanol–water partition coefficient (Wildman–Crippen LogP) is 19.4. The second kappa shape index (κ2) is 28.5. The fourth-order valence-electron chi connectivity index (χ4n) is 11.4. The molecule has 0 radical (unpaired) electrons. The van der Waals surface area contributed by atoms with Gasteiger partial charge in [0, 0.05) is 89.3 Å². The molecule has 4 nitrogen and oxygen atoms in total. The van der Waals surface area contributed by atoms with Gasteiger partial charge in [0.1, 0.15) is 28.2 Å². The van der Waals surface area contributed by atoms with E-state index >= 15 is 0 Å². The van der Waals surface area contributed by atoms with Gasteiger partial charge in [-0.3, -0.25) is 0 Å². The third-order valence-electron chi connectivity index (χ3n) is 16.4. The van der Waals surface area contributed by atoms with E-state index in [0.717, 1.165) is 33.5 Å². The van der Waals surface area contributed by atoms with Crippen LogP contribution in [0, 0.1) is 89.6 Å². The van der Waals surface area contributed by atoms with Crippen molar-refractivity contribution in [3.63, 3.8) is 0 Å². The van der Waals surface area contributed by atoms with Gasteiger partial charge in [0.25, 0.3) is 0 Å². The highest BCUT2D eigenvalue weighted by Crippen LogP contribution is 2.35. The molecule has 8 aromatic carbocycles. The van der Waals surface area contributed by atoms with Crippen molar-refractivity contribution < 1.29 is 38.8 Å². The third kappa shape index (κ3) is 15.2. The van der Waals surface area contributed by atoms with Crippen LogP contribution in [0.5, 0.6) is 0 Å². The Bertz CT molecular complexity index is 5060. The van der Waals surface area contributed by atoms with Crippen molar-refractivity contribution in [2.45, 2.75) is 89.6 Å². The monoisotopic (exact) mass is 1180 g/mol. The van der Waals surface area contributed by atoms with Gasteiger partial charge < -0.3 is 0 Å². The normalized spacial score (nSPS) is 14.0. The lowest BCUT2D eigenvalue weighted by Crippen LogP contribution is -2.31. The SMILES string of the molecule is Cc1cc(-c2ccc(-c3ccccc3)cc2C)[n+](C)cc1C.Cc1ccc(-c2cc(C)c(-c3ccccc3)cc2C)[n+](C)c1.[2H]C([2H])([2H])c1cc(-c2cc(C([2H])([2H])[2H])c(C([2H])([2H])[2H])c[n+]2C)c(C)cc1-c1ccccc1.[2H]C([2H])([2H])c1ccc(-c2cc(C([2H])([2H])[2H])c(-c3ccccc3)cc2C)[n+](C)c1. The first-order chi connectivity index (χ1) is 48.7. The molecule has 12 rings (SSSR count). The Morgan fingerprint density at radius 3 is 1.01 bits per heavy atom. The highest BCUT2D eigenvalue weighted by Gasteiger charge is 2.20. The van der Waals surface area contributed by atoms with Crippen molar-refractivity contribution in [2.24, 2.45) is 28.2 Å². The number of aromatic nitrogens is 4. The van der Waals surface area contributed by atoms with Gasteiger partial charge in [-0.1, -0.05) is 152 Å². The molecule has 0 fully saturated rings. The number of hydrogen-bond acceptors (Lipinski definition) is 0. The summed E-state index contributed by atoms with van der Waals surface area (Å²) in [6.07, 6.45) is 7.25. The summed E-state index contributed by atoms with van der Waals surface area (Å²) in [7, 11) is 7.62. The number of pyridine rings is 4. The average Bonchev–Trinajstić information content (AvgIpc) is 0.760. The molecule has 0 aliphatic carbocycles. The molecule has 0 aliphatic rings. The van der Waals surface area contributed by atoms with Crippen molar-refractivity contribution in [2.75, 3.05) is 0 Å². The zero-order chi connectivity index (χ0) is 76.1. The van der Waals surface area contributed by atoms with Crippen molar-refractivity contribution in [1.29, 1.82) is 0 Å².